The topological polar surface area (TPSA) is 218 Å². The van der Waals surface area contributed by atoms with Crippen molar-refractivity contribution >= 4 is 28.5 Å². The van der Waals surface area contributed by atoms with E-state index >= 15 is 0 Å². The number of ketones is 1. The van der Waals surface area contributed by atoms with E-state index in [2.05, 4.69) is 44.8 Å². The maximum atomic E-state index is 13.2. The molecule has 8 N–H and O–H groups in total. The van der Waals surface area contributed by atoms with E-state index in [1.165, 1.54) is 29.8 Å². The fourth-order valence-corrected chi connectivity index (χ4v) is 8.77. The summed E-state index contributed by atoms with van der Waals surface area (Å²) in [6.45, 7) is 3.17. The first-order valence-electron chi connectivity index (χ1n) is 22.3. The number of rotatable bonds is 18. The van der Waals surface area contributed by atoms with Crippen molar-refractivity contribution in [2.24, 2.45) is 11.8 Å². The number of aromatic nitrogens is 1. The number of benzene rings is 5. The number of fused-ring (bicyclic) bond motifs is 1. The van der Waals surface area contributed by atoms with Crippen LogP contribution in [0.3, 0.4) is 0 Å². The first-order chi connectivity index (χ1) is 31.9. The fraction of sp³-hybridized carbons (Fsp3) is 0.308. The molecule has 5 aromatic carbocycles. The smallest absolute Gasteiger partial charge is 0.251 e. The van der Waals surface area contributed by atoms with Gasteiger partial charge in [0.25, 0.3) is 5.91 Å². The van der Waals surface area contributed by atoms with Crippen molar-refractivity contribution in [3.8, 4) is 17.2 Å². The number of nitrogens with one attached hydrogen (secondary N) is 4. The lowest BCUT2D eigenvalue weighted by atomic mass is 9.77. The molecule has 2 fully saturated rings. The Morgan fingerprint density at radius 3 is 2.32 bits per heavy atom. The van der Waals surface area contributed by atoms with Crippen molar-refractivity contribution in [3.05, 3.63) is 171 Å². The number of Topliss-reactive ketones (excluding diaryl/α,β-unsaturated/α-hetero) is 1. The number of phenols is 2. The lowest BCUT2D eigenvalue weighted by Crippen LogP contribution is -2.47. The van der Waals surface area contributed by atoms with Crippen LogP contribution in [0.1, 0.15) is 70.0 Å². The molecule has 1 saturated heterocycles. The van der Waals surface area contributed by atoms with Crippen molar-refractivity contribution in [1.82, 2.24) is 20.5 Å². The average molecular weight is 894 g/mol. The van der Waals surface area contributed by atoms with Crippen LogP contribution >= 0.6 is 0 Å². The monoisotopic (exact) mass is 893 g/mol. The molecular formula is C52H55N5O9. The minimum Gasteiger partial charge on any atom is -0.508 e. The number of likely N-dealkylation sites (tertiary alicyclic amines) is 1. The van der Waals surface area contributed by atoms with E-state index in [1.54, 1.807) is 66.7 Å². The van der Waals surface area contributed by atoms with Gasteiger partial charge in [0.2, 0.25) is 11.5 Å². The van der Waals surface area contributed by atoms with Crippen LogP contribution in [0.5, 0.6) is 17.2 Å². The van der Waals surface area contributed by atoms with Gasteiger partial charge in [-0.15, -0.1) is 0 Å². The molecule has 0 radical (unpaired) electrons. The van der Waals surface area contributed by atoms with E-state index in [0.717, 1.165) is 32.5 Å². The Morgan fingerprint density at radius 1 is 0.848 bits per heavy atom. The Bertz CT molecular complexity index is 2720. The molecule has 6 aromatic rings. The number of ether oxygens (including phenoxy) is 2. The first kappa shape index (κ1) is 45.7. The molecule has 1 aliphatic carbocycles. The highest BCUT2D eigenvalue weighted by Gasteiger charge is 2.40. The number of H-pyrrole nitrogens is 1. The number of aliphatic hydroxyl groups excluding tert-OH is 1. The minimum atomic E-state index is -1.90. The Kier molecular flexibility index (Phi) is 14.2. The summed E-state index contributed by atoms with van der Waals surface area (Å²) in [5.74, 6) is -0.699. The number of aromatic amines is 1. The molecule has 2 heterocycles. The van der Waals surface area contributed by atoms with Crippen LogP contribution in [0, 0.1) is 17.2 Å². The molecule has 0 spiro atoms. The number of aliphatic hydroxyl groups is 2. The van der Waals surface area contributed by atoms with Crippen molar-refractivity contribution in [3.63, 3.8) is 0 Å². The number of hydrogen-bond donors (Lipinski definition) is 8. The van der Waals surface area contributed by atoms with Crippen LogP contribution in [0.25, 0.3) is 10.9 Å². The molecular weight excluding hydrogens is 839 g/mol. The molecule has 1 saturated carbocycles. The van der Waals surface area contributed by atoms with Crippen LogP contribution in [0.4, 0.5) is 0 Å². The summed E-state index contributed by atoms with van der Waals surface area (Å²) in [7, 11) is 0. The number of nitrogens with zero attached hydrogens (tertiary/aromatic N) is 1. The summed E-state index contributed by atoms with van der Waals surface area (Å²) in [6.07, 6.45) is 1.75. The molecule has 342 valence electrons. The largest absolute Gasteiger partial charge is 0.508 e. The number of amides is 1. The van der Waals surface area contributed by atoms with Crippen LogP contribution in [-0.4, -0.2) is 86.8 Å². The van der Waals surface area contributed by atoms with E-state index in [0.29, 0.717) is 52.8 Å². The average Bonchev–Trinajstić information content (AvgIpc) is 3.32. The normalized spacial score (nSPS) is 17.8. The van der Waals surface area contributed by atoms with E-state index in [4.69, 9.17) is 14.9 Å². The number of carbonyl (C=O) groups is 2. The van der Waals surface area contributed by atoms with Crippen LogP contribution in [0.15, 0.2) is 132 Å². The van der Waals surface area contributed by atoms with Gasteiger partial charge in [-0.05, 0) is 97.8 Å². The molecule has 14 nitrogen and oxygen atoms in total. The molecule has 66 heavy (non-hydrogen) atoms. The minimum absolute atomic E-state index is 0.0993. The third-order valence-corrected chi connectivity index (χ3v) is 12.8. The first-order valence-corrected chi connectivity index (χ1v) is 22.3. The second-order valence-corrected chi connectivity index (χ2v) is 17.3. The molecule has 1 amide bonds. The highest BCUT2D eigenvalue weighted by atomic mass is 16.5. The molecule has 1 aromatic heterocycles. The van der Waals surface area contributed by atoms with Crippen molar-refractivity contribution in [2.45, 2.75) is 56.5 Å². The lowest BCUT2D eigenvalue weighted by molar-refractivity contribution is -0.128. The number of aromatic hydroxyl groups is 2. The molecule has 2 atom stereocenters. The second-order valence-electron chi connectivity index (χ2n) is 17.3. The Labute approximate surface area is 382 Å². The van der Waals surface area contributed by atoms with E-state index in [9.17, 15) is 34.8 Å². The molecule has 2 aliphatic rings. The highest BCUT2D eigenvalue weighted by Crippen LogP contribution is 2.35. The Balaban J connectivity index is 0.791. The van der Waals surface area contributed by atoms with Gasteiger partial charge in [0.15, 0.2) is 11.4 Å². The van der Waals surface area contributed by atoms with Gasteiger partial charge in [-0.25, -0.2) is 0 Å². The summed E-state index contributed by atoms with van der Waals surface area (Å²) >= 11 is 0. The van der Waals surface area contributed by atoms with E-state index < -0.39 is 11.7 Å². The zero-order valence-corrected chi connectivity index (χ0v) is 36.5. The lowest BCUT2D eigenvalue weighted by Gasteiger charge is -2.34. The summed E-state index contributed by atoms with van der Waals surface area (Å²) < 4.78 is 12.0. The third-order valence-electron chi connectivity index (χ3n) is 12.8. The zero-order chi connectivity index (χ0) is 46.2. The summed E-state index contributed by atoms with van der Waals surface area (Å²) in [6, 6.07) is 36.3. The van der Waals surface area contributed by atoms with Crippen LogP contribution < -0.4 is 20.9 Å². The standard InChI is InChI=1S/C52H55N5O9/c53-51(66-31-34-20-22-57(23-21-34)30-33-8-3-1-4-9-33)52(64,38-10-5-2-6-11-38)39-12-7-13-41(27-39)65-32-47(61)37-24-40(25-37)55-50(63)35-14-15-36(45(59)26-35)28-54-29-46(60)42-16-18-44(58)49-43(42)17-19-48(62)56-49/h1-19,26-27,34,37,40,46,53-54,58-60,64H,20-25,28-32H2,(H,55,63)(H,56,62)/t37-,40-,46-,52?/m0/s1. The van der Waals surface area contributed by atoms with Crippen molar-refractivity contribution in [2.75, 3.05) is 32.8 Å². The molecule has 1 unspecified atom stereocenters. The van der Waals surface area contributed by atoms with Gasteiger partial charge in [-0.3, -0.25) is 24.7 Å². The third kappa shape index (κ3) is 10.6. The number of carbonyl (C=O) groups excluding carboxylic acids is 2. The van der Waals surface area contributed by atoms with Gasteiger partial charge < -0.3 is 45.5 Å². The van der Waals surface area contributed by atoms with Gasteiger partial charge in [0.05, 0.1) is 18.2 Å². The maximum absolute atomic E-state index is 13.2. The summed E-state index contributed by atoms with van der Waals surface area (Å²) in [5.41, 5.74) is 1.37. The second kappa shape index (κ2) is 20.6. The predicted octanol–water partition coefficient (Wildman–Crippen LogP) is 6.06. The van der Waals surface area contributed by atoms with Crippen molar-refractivity contribution < 1.29 is 39.5 Å². The zero-order valence-electron chi connectivity index (χ0n) is 36.5. The molecule has 1 aliphatic heterocycles. The van der Waals surface area contributed by atoms with Gasteiger partial charge in [0.1, 0.15) is 23.9 Å². The fourth-order valence-electron chi connectivity index (χ4n) is 8.77. The quantitative estimate of drug-likeness (QED) is 0.0367. The number of piperidine rings is 1. The Hall–Kier alpha value is -6.84. The SMILES string of the molecule is N=C(OCC1CCN(Cc2ccccc2)CC1)C(O)(c1ccccc1)c1cccc(OCC(=O)[C@H]2C[C@H](NC(=O)c3ccc(CNC[C@H](O)c4ccc(O)c5[nH]c(=O)ccc45)c(O)c3)C2)c1. The summed E-state index contributed by atoms with van der Waals surface area (Å²) in [5, 5.41) is 59.6. The number of pyridine rings is 1. The van der Waals surface area contributed by atoms with Gasteiger partial charge >= 0.3 is 0 Å². The van der Waals surface area contributed by atoms with Crippen LogP contribution in [0.2, 0.25) is 0 Å². The van der Waals surface area contributed by atoms with Crippen molar-refractivity contribution in [1.29, 1.82) is 5.41 Å². The number of phenolic OH excluding ortho intramolecular Hbond substituents is 2. The van der Waals surface area contributed by atoms with Gasteiger partial charge in [0, 0.05) is 59.7 Å². The van der Waals surface area contributed by atoms with Gasteiger partial charge in [-0.1, -0.05) is 84.9 Å². The highest BCUT2D eigenvalue weighted by molar-refractivity contribution is 5.95. The van der Waals surface area contributed by atoms with Crippen LogP contribution in [-0.2, 0) is 28.2 Å². The Morgan fingerprint density at radius 2 is 1.58 bits per heavy atom. The maximum Gasteiger partial charge on any atom is 0.251 e. The predicted molar refractivity (Wildman–Crippen MR) is 249 cm³/mol. The van der Waals surface area contributed by atoms with E-state index in [1.807, 2.05) is 12.1 Å². The summed E-state index contributed by atoms with van der Waals surface area (Å²) in [4.78, 5) is 43.1. The number of hydrogen-bond acceptors (Lipinski definition) is 12. The van der Waals surface area contributed by atoms with Gasteiger partial charge in [-0.2, -0.15) is 0 Å². The van der Waals surface area contributed by atoms with E-state index in [-0.39, 0.29) is 83.3 Å². The molecule has 8 rings (SSSR count). The molecule has 14 heteroatoms. The molecule has 0 bridgehead atoms.